The molecular formula is C32H32N4O3S. The van der Waals surface area contributed by atoms with Crippen LogP contribution in [0.15, 0.2) is 103 Å². The monoisotopic (exact) mass is 552 g/mol. The molecule has 0 bridgehead atoms. The topological polar surface area (TPSA) is 77.3 Å². The van der Waals surface area contributed by atoms with Crippen LogP contribution in [0.5, 0.6) is 0 Å². The molecule has 0 radical (unpaired) electrons. The maximum Gasteiger partial charge on any atom is 0.327 e. The van der Waals surface area contributed by atoms with Crippen molar-refractivity contribution in [3.63, 3.8) is 0 Å². The molecule has 2 heterocycles. The minimum absolute atomic E-state index is 0.0166. The third kappa shape index (κ3) is 5.64. The summed E-state index contributed by atoms with van der Waals surface area (Å²) in [5.74, 6) is 0.155. The smallest absolute Gasteiger partial charge is 0.327 e. The van der Waals surface area contributed by atoms with Crippen LogP contribution in [-0.2, 0) is 26.4 Å². The molecule has 204 valence electrons. The number of rotatable bonds is 8. The summed E-state index contributed by atoms with van der Waals surface area (Å²) < 4.78 is 6.38. The van der Waals surface area contributed by atoms with Crippen LogP contribution < -0.4 is 0 Å². The van der Waals surface area contributed by atoms with Crippen molar-refractivity contribution in [2.45, 2.75) is 30.7 Å². The van der Waals surface area contributed by atoms with E-state index >= 15 is 0 Å². The number of carbonyl (C=O) groups excluding carboxylic acids is 2. The fourth-order valence-corrected chi connectivity index (χ4v) is 6.48. The zero-order valence-corrected chi connectivity index (χ0v) is 23.5. The highest BCUT2D eigenvalue weighted by atomic mass is 32.2. The number of benzene rings is 3. The van der Waals surface area contributed by atoms with E-state index in [2.05, 4.69) is 87.8 Å². The van der Waals surface area contributed by atoms with Crippen molar-refractivity contribution in [3.05, 3.63) is 125 Å². The van der Waals surface area contributed by atoms with Crippen LogP contribution in [0.2, 0.25) is 0 Å². The number of carbonyl (C=O) groups is 2. The number of likely N-dealkylation sites (tertiary alicyclic amines) is 1. The van der Waals surface area contributed by atoms with Gasteiger partial charge in [-0.05, 0) is 34.8 Å². The zero-order chi connectivity index (χ0) is 28.0. The van der Waals surface area contributed by atoms with Gasteiger partial charge in [-0.3, -0.25) is 14.5 Å². The Balaban J connectivity index is 1.66. The van der Waals surface area contributed by atoms with E-state index < -0.39 is 11.5 Å². The summed E-state index contributed by atoms with van der Waals surface area (Å²) in [7, 11) is 1.35. The maximum absolute atomic E-state index is 12.3. The van der Waals surface area contributed by atoms with Crippen molar-refractivity contribution in [2.24, 2.45) is 0 Å². The molecule has 1 atom stereocenters. The molecule has 1 fully saturated rings. The largest absolute Gasteiger partial charge is 0.468 e. The fourth-order valence-electron chi connectivity index (χ4n) is 5.56. The lowest BCUT2D eigenvalue weighted by Gasteiger charge is -2.49. The minimum atomic E-state index is -0.575. The summed E-state index contributed by atoms with van der Waals surface area (Å²) in [6.07, 6.45) is 4.19. The molecule has 5 rings (SSSR count). The van der Waals surface area contributed by atoms with Crippen LogP contribution in [0, 0.1) is 0 Å². The molecule has 8 heteroatoms. The van der Waals surface area contributed by atoms with Crippen LogP contribution >= 0.6 is 11.8 Å². The second-order valence-electron chi connectivity index (χ2n) is 9.69. The lowest BCUT2D eigenvalue weighted by Crippen LogP contribution is -2.52. The predicted octanol–water partition coefficient (Wildman–Crippen LogP) is 5.18. The van der Waals surface area contributed by atoms with E-state index in [1.54, 1.807) is 6.92 Å². The van der Waals surface area contributed by atoms with Crippen LogP contribution in [0.4, 0.5) is 0 Å². The first-order valence-electron chi connectivity index (χ1n) is 13.3. The maximum atomic E-state index is 12.3. The van der Waals surface area contributed by atoms with Crippen molar-refractivity contribution in [2.75, 3.05) is 20.2 Å². The highest BCUT2D eigenvalue weighted by molar-refractivity contribution is 8.14. The molecule has 0 N–H and O–H groups in total. The van der Waals surface area contributed by atoms with E-state index in [1.165, 1.54) is 46.6 Å². The number of esters is 1. The molecule has 40 heavy (non-hydrogen) atoms. The van der Waals surface area contributed by atoms with E-state index in [9.17, 15) is 9.59 Å². The molecule has 0 amide bonds. The Labute approximate surface area is 238 Å². The van der Waals surface area contributed by atoms with E-state index in [1.807, 2.05) is 24.3 Å². The number of hydrogen-bond donors (Lipinski definition) is 0. The third-order valence-corrected chi connectivity index (χ3v) is 8.43. The Morgan fingerprint density at radius 3 is 2.00 bits per heavy atom. The summed E-state index contributed by atoms with van der Waals surface area (Å²) in [4.78, 5) is 31.2. The predicted molar refractivity (Wildman–Crippen MR) is 157 cm³/mol. The van der Waals surface area contributed by atoms with Gasteiger partial charge in [-0.15, -0.1) is 0 Å². The standard InChI is InChI=1S/C32H32N4O3S/c1-24(37)40-29-18-19-35(21-25(29)20-30-33-23-34-36(30)22-31(38)39-2)32(26-12-6-3-7-13-26,27-14-8-4-9-15-27)28-16-10-5-11-17-28/h3-17,20,23,29H,18-19,21-22H2,1-2H3/b25-20-. The molecule has 0 aliphatic carbocycles. The minimum Gasteiger partial charge on any atom is -0.468 e. The Hall–Kier alpha value is -4.01. The van der Waals surface area contributed by atoms with Crippen molar-refractivity contribution < 1.29 is 14.3 Å². The number of hydrogen-bond acceptors (Lipinski definition) is 7. The van der Waals surface area contributed by atoms with E-state index in [4.69, 9.17) is 4.74 Å². The molecule has 1 unspecified atom stereocenters. The number of thioether (sulfide) groups is 1. The average molecular weight is 553 g/mol. The first kappa shape index (κ1) is 27.6. The van der Waals surface area contributed by atoms with E-state index in [-0.39, 0.29) is 16.9 Å². The molecule has 1 aromatic heterocycles. The lowest BCUT2D eigenvalue weighted by atomic mass is 9.74. The molecule has 0 spiro atoms. The van der Waals surface area contributed by atoms with E-state index in [0.29, 0.717) is 12.4 Å². The van der Waals surface area contributed by atoms with Gasteiger partial charge >= 0.3 is 5.97 Å². The van der Waals surface area contributed by atoms with Crippen molar-refractivity contribution in [1.29, 1.82) is 0 Å². The third-order valence-electron chi connectivity index (χ3n) is 7.27. The van der Waals surface area contributed by atoms with Gasteiger partial charge in [0.2, 0.25) is 0 Å². The Morgan fingerprint density at radius 1 is 0.950 bits per heavy atom. The molecule has 4 aromatic rings. The van der Waals surface area contributed by atoms with Crippen LogP contribution in [0.3, 0.4) is 0 Å². The molecule has 3 aromatic carbocycles. The second-order valence-corrected chi connectivity index (χ2v) is 11.1. The lowest BCUT2D eigenvalue weighted by molar-refractivity contribution is -0.141. The van der Waals surface area contributed by atoms with E-state index in [0.717, 1.165) is 18.5 Å². The summed E-state index contributed by atoms with van der Waals surface area (Å²) >= 11 is 1.35. The zero-order valence-electron chi connectivity index (χ0n) is 22.6. The highest BCUT2D eigenvalue weighted by Gasteiger charge is 2.44. The highest BCUT2D eigenvalue weighted by Crippen LogP contribution is 2.45. The van der Waals surface area contributed by atoms with Gasteiger partial charge in [0.1, 0.15) is 12.9 Å². The van der Waals surface area contributed by atoms with Crippen LogP contribution in [0.25, 0.3) is 6.08 Å². The van der Waals surface area contributed by atoms with Crippen molar-refractivity contribution in [3.8, 4) is 0 Å². The second kappa shape index (κ2) is 12.4. The first-order valence-corrected chi connectivity index (χ1v) is 14.1. The number of ether oxygens (including phenoxy) is 1. The van der Waals surface area contributed by atoms with Gasteiger partial charge in [-0.25, -0.2) is 9.67 Å². The number of piperidine rings is 1. The normalized spacial score (nSPS) is 17.1. The van der Waals surface area contributed by atoms with Gasteiger partial charge in [-0.2, -0.15) is 5.10 Å². The molecular weight excluding hydrogens is 520 g/mol. The van der Waals surface area contributed by atoms with Gasteiger partial charge in [0.25, 0.3) is 0 Å². The van der Waals surface area contributed by atoms with Gasteiger partial charge in [0.05, 0.1) is 12.6 Å². The first-order chi connectivity index (χ1) is 19.5. The van der Waals surface area contributed by atoms with Gasteiger partial charge in [-0.1, -0.05) is 103 Å². The molecule has 1 aliphatic heterocycles. The number of aromatic nitrogens is 3. The summed E-state index contributed by atoms with van der Waals surface area (Å²) in [6, 6.07) is 31.7. The van der Waals surface area contributed by atoms with Crippen molar-refractivity contribution >= 4 is 28.9 Å². The quantitative estimate of drug-likeness (QED) is 0.220. The van der Waals surface area contributed by atoms with Gasteiger partial charge in [0, 0.05) is 25.3 Å². The average Bonchev–Trinajstić information content (AvgIpc) is 3.42. The van der Waals surface area contributed by atoms with Crippen LogP contribution in [0.1, 0.15) is 35.9 Å². The van der Waals surface area contributed by atoms with Crippen molar-refractivity contribution in [1.82, 2.24) is 19.7 Å². The molecule has 7 nitrogen and oxygen atoms in total. The van der Waals surface area contributed by atoms with Crippen LogP contribution in [-0.4, -0.2) is 56.2 Å². The molecule has 1 aliphatic rings. The Kier molecular flexibility index (Phi) is 8.57. The summed E-state index contributed by atoms with van der Waals surface area (Å²) in [5, 5.41) is 4.29. The Morgan fingerprint density at radius 2 is 1.50 bits per heavy atom. The number of nitrogens with zero attached hydrogens (tertiary/aromatic N) is 4. The summed E-state index contributed by atoms with van der Waals surface area (Å²) in [5.41, 5.74) is 3.97. The Bertz CT molecular complexity index is 1380. The molecule has 0 saturated carbocycles. The summed E-state index contributed by atoms with van der Waals surface area (Å²) in [6.45, 7) is 2.94. The molecule has 1 saturated heterocycles. The SMILES string of the molecule is COC(=O)Cn1ncnc1/C=C1/CN(C(c2ccccc2)(c2ccccc2)c2ccccc2)CCC1SC(C)=O. The number of methoxy groups -OCH3 is 1. The van der Waals surface area contributed by atoms with Gasteiger partial charge in [0.15, 0.2) is 10.9 Å². The van der Waals surface area contributed by atoms with Gasteiger partial charge < -0.3 is 4.74 Å². The fraction of sp³-hybridized carbons (Fsp3) is 0.250.